The van der Waals surface area contributed by atoms with Crippen molar-refractivity contribution in [1.82, 2.24) is 29.6 Å². The number of hydrogen-bond acceptors (Lipinski definition) is 6. The third-order valence-electron chi connectivity index (χ3n) is 5.05. The number of nitrogen functional groups attached to an aromatic ring is 1. The number of amides is 1. The second kappa shape index (κ2) is 7.98. The van der Waals surface area contributed by atoms with E-state index in [-0.39, 0.29) is 17.8 Å². The summed E-state index contributed by atoms with van der Waals surface area (Å²) in [6.45, 7) is 5.77. The summed E-state index contributed by atoms with van der Waals surface area (Å²) in [6.07, 6.45) is 1.37. The van der Waals surface area contributed by atoms with Crippen LogP contribution in [-0.4, -0.2) is 48.6 Å². The highest BCUT2D eigenvalue weighted by atomic mass is 16.2. The SMILES string of the molecule is CC(C)c1cc(C(=O)N2CCc3nc(Cc4ccccc4)nn3CC2)nc(N)n1. The average Bonchev–Trinajstić information content (AvgIpc) is 2.98. The zero-order valence-electron chi connectivity index (χ0n) is 16.7. The first-order chi connectivity index (χ1) is 14.0. The quantitative estimate of drug-likeness (QED) is 0.730. The van der Waals surface area contributed by atoms with Gasteiger partial charge >= 0.3 is 0 Å². The lowest BCUT2D eigenvalue weighted by molar-refractivity contribution is 0.0752. The molecule has 0 saturated carbocycles. The first kappa shape index (κ1) is 19.0. The van der Waals surface area contributed by atoms with E-state index in [1.807, 2.05) is 36.7 Å². The molecule has 0 aliphatic carbocycles. The molecule has 2 aromatic heterocycles. The second-order valence-corrected chi connectivity index (χ2v) is 7.56. The number of benzene rings is 1. The van der Waals surface area contributed by atoms with Gasteiger partial charge in [0.15, 0.2) is 5.82 Å². The smallest absolute Gasteiger partial charge is 0.272 e. The molecule has 1 aromatic carbocycles. The van der Waals surface area contributed by atoms with Gasteiger partial charge in [-0.2, -0.15) is 5.10 Å². The van der Waals surface area contributed by atoms with E-state index in [1.54, 1.807) is 11.0 Å². The minimum atomic E-state index is -0.128. The lowest BCUT2D eigenvalue weighted by Gasteiger charge is -2.20. The molecule has 8 heteroatoms. The van der Waals surface area contributed by atoms with Crippen molar-refractivity contribution in [2.45, 2.75) is 39.2 Å². The normalized spacial score (nSPS) is 14.0. The molecule has 3 aromatic rings. The van der Waals surface area contributed by atoms with Crippen molar-refractivity contribution < 1.29 is 4.79 Å². The first-order valence-corrected chi connectivity index (χ1v) is 9.90. The van der Waals surface area contributed by atoms with Crippen molar-refractivity contribution in [1.29, 1.82) is 0 Å². The molecule has 4 rings (SSSR count). The van der Waals surface area contributed by atoms with Gasteiger partial charge in [-0.1, -0.05) is 44.2 Å². The summed E-state index contributed by atoms with van der Waals surface area (Å²) in [4.78, 5) is 27.9. The van der Waals surface area contributed by atoms with Gasteiger partial charge in [0.1, 0.15) is 11.5 Å². The number of carbonyl (C=O) groups excluding carboxylic acids is 1. The molecule has 0 spiro atoms. The third kappa shape index (κ3) is 4.26. The molecule has 1 aliphatic heterocycles. The molecule has 0 atom stereocenters. The molecule has 0 radical (unpaired) electrons. The van der Waals surface area contributed by atoms with Crippen LogP contribution in [0, 0.1) is 0 Å². The number of nitrogens with zero attached hydrogens (tertiary/aromatic N) is 6. The Bertz CT molecular complexity index is 988. The van der Waals surface area contributed by atoms with E-state index >= 15 is 0 Å². The van der Waals surface area contributed by atoms with E-state index in [9.17, 15) is 4.79 Å². The number of rotatable bonds is 4. The summed E-state index contributed by atoms with van der Waals surface area (Å²) in [5.41, 5.74) is 8.12. The maximum absolute atomic E-state index is 13.0. The number of anilines is 1. The molecule has 8 nitrogen and oxygen atoms in total. The van der Waals surface area contributed by atoms with Crippen LogP contribution in [0.5, 0.6) is 0 Å². The van der Waals surface area contributed by atoms with E-state index in [0.717, 1.165) is 17.3 Å². The Kier molecular flexibility index (Phi) is 5.24. The number of aromatic nitrogens is 5. The highest BCUT2D eigenvalue weighted by Gasteiger charge is 2.23. The van der Waals surface area contributed by atoms with Crippen LogP contribution in [-0.2, 0) is 19.4 Å². The van der Waals surface area contributed by atoms with Gasteiger partial charge in [-0.05, 0) is 17.5 Å². The molecule has 1 aliphatic rings. The summed E-state index contributed by atoms with van der Waals surface area (Å²) < 4.78 is 1.92. The molecular weight excluding hydrogens is 366 g/mol. The Morgan fingerprint density at radius 2 is 1.90 bits per heavy atom. The van der Waals surface area contributed by atoms with E-state index in [2.05, 4.69) is 27.2 Å². The number of carbonyl (C=O) groups is 1. The zero-order valence-corrected chi connectivity index (χ0v) is 16.7. The van der Waals surface area contributed by atoms with Crippen LogP contribution >= 0.6 is 0 Å². The summed E-state index contributed by atoms with van der Waals surface area (Å²) >= 11 is 0. The lowest BCUT2D eigenvalue weighted by atomic mass is 10.1. The van der Waals surface area contributed by atoms with Crippen LogP contribution in [0.3, 0.4) is 0 Å². The molecule has 0 unspecified atom stereocenters. The van der Waals surface area contributed by atoms with Gasteiger partial charge in [-0.25, -0.2) is 19.6 Å². The molecular formula is C21H25N7O. The fraction of sp³-hybridized carbons (Fsp3) is 0.381. The van der Waals surface area contributed by atoms with Gasteiger partial charge in [0.2, 0.25) is 5.95 Å². The topological polar surface area (TPSA) is 103 Å². The fourth-order valence-electron chi connectivity index (χ4n) is 3.46. The van der Waals surface area contributed by atoms with E-state index < -0.39 is 0 Å². The number of nitrogens with two attached hydrogens (primary N) is 1. The minimum absolute atomic E-state index is 0.128. The molecule has 29 heavy (non-hydrogen) atoms. The van der Waals surface area contributed by atoms with Gasteiger partial charge in [-0.15, -0.1) is 0 Å². The van der Waals surface area contributed by atoms with Gasteiger partial charge < -0.3 is 10.6 Å². The largest absolute Gasteiger partial charge is 0.368 e. The summed E-state index contributed by atoms with van der Waals surface area (Å²) in [5.74, 6) is 1.91. The van der Waals surface area contributed by atoms with Crippen molar-refractivity contribution in [3.8, 4) is 0 Å². The van der Waals surface area contributed by atoms with Crippen LogP contribution in [0.15, 0.2) is 36.4 Å². The van der Waals surface area contributed by atoms with E-state index in [4.69, 9.17) is 10.7 Å². The predicted molar refractivity (Wildman–Crippen MR) is 109 cm³/mol. The zero-order chi connectivity index (χ0) is 20.4. The second-order valence-electron chi connectivity index (χ2n) is 7.56. The van der Waals surface area contributed by atoms with Crippen molar-refractivity contribution in [3.63, 3.8) is 0 Å². The van der Waals surface area contributed by atoms with Crippen LogP contribution < -0.4 is 5.73 Å². The molecule has 150 valence electrons. The van der Waals surface area contributed by atoms with E-state index in [1.165, 1.54) is 5.56 Å². The van der Waals surface area contributed by atoms with Gasteiger partial charge in [-0.3, -0.25) is 4.79 Å². The summed E-state index contributed by atoms with van der Waals surface area (Å²) in [5, 5.41) is 4.65. The van der Waals surface area contributed by atoms with Crippen molar-refractivity contribution >= 4 is 11.9 Å². The minimum Gasteiger partial charge on any atom is -0.368 e. The molecule has 3 heterocycles. The predicted octanol–water partition coefficient (Wildman–Crippen LogP) is 2.06. The van der Waals surface area contributed by atoms with E-state index in [0.29, 0.717) is 38.2 Å². The van der Waals surface area contributed by atoms with Crippen LogP contribution in [0.4, 0.5) is 5.95 Å². The van der Waals surface area contributed by atoms with Crippen LogP contribution in [0.1, 0.15) is 53.2 Å². The maximum Gasteiger partial charge on any atom is 0.272 e. The molecule has 0 fully saturated rings. The van der Waals surface area contributed by atoms with Gasteiger partial charge in [0, 0.05) is 31.6 Å². The van der Waals surface area contributed by atoms with Crippen LogP contribution in [0.2, 0.25) is 0 Å². The standard InChI is InChI=1S/C21H25N7O/c1-14(2)16-13-17(24-21(22)23-16)20(29)27-9-8-19-25-18(26-28(19)11-10-27)12-15-6-4-3-5-7-15/h3-7,13-14H,8-12H2,1-2H3,(H2,22,23,24). The van der Waals surface area contributed by atoms with Crippen molar-refractivity contribution in [2.24, 2.45) is 0 Å². The Labute approximate surface area is 169 Å². The Morgan fingerprint density at radius 3 is 2.66 bits per heavy atom. The third-order valence-corrected chi connectivity index (χ3v) is 5.05. The fourth-order valence-corrected chi connectivity index (χ4v) is 3.46. The molecule has 0 bridgehead atoms. The molecule has 0 saturated heterocycles. The Balaban J connectivity index is 1.46. The first-order valence-electron chi connectivity index (χ1n) is 9.90. The molecule has 1 amide bonds. The van der Waals surface area contributed by atoms with Gasteiger partial charge in [0.05, 0.1) is 6.54 Å². The summed E-state index contributed by atoms with van der Waals surface area (Å²) in [7, 11) is 0. The highest BCUT2D eigenvalue weighted by molar-refractivity contribution is 5.92. The monoisotopic (exact) mass is 391 g/mol. The Morgan fingerprint density at radius 1 is 1.10 bits per heavy atom. The maximum atomic E-state index is 13.0. The lowest BCUT2D eigenvalue weighted by Crippen LogP contribution is -2.34. The highest BCUT2D eigenvalue weighted by Crippen LogP contribution is 2.16. The number of fused-ring (bicyclic) bond motifs is 1. The number of hydrogen-bond donors (Lipinski definition) is 1. The Hall–Kier alpha value is -3.29. The average molecular weight is 391 g/mol. The van der Waals surface area contributed by atoms with Crippen molar-refractivity contribution in [2.75, 3.05) is 18.8 Å². The summed E-state index contributed by atoms with van der Waals surface area (Å²) in [6, 6.07) is 11.9. The molecule has 2 N–H and O–H groups in total. The van der Waals surface area contributed by atoms with Crippen molar-refractivity contribution in [3.05, 3.63) is 65.0 Å². The van der Waals surface area contributed by atoms with Gasteiger partial charge in [0.25, 0.3) is 5.91 Å². The van der Waals surface area contributed by atoms with Crippen LogP contribution in [0.25, 0.3) is 0 Å².